The Labute approximate surface area is 244 Å². The van der Waals surface area contributed by atoms with E-state index in [1.54, 1.807) is 12.1 Å². The molecule has 3 aromatic carbocycles. The van der Waals surface area contributed by atoms with Crippen molar-refractivity contribution in [3.05, 3.63) is 95.6 Å². The Kier molecular flexibility index (Phi) is 9.16. The first kappa shape index (κ1) is 28.9. The summed E-state index contributed by atoms with van der Waals surface area (Å²) in [5, 5.41) is 12.1. The third-order valence-electron chi connectivity index (χ3n) is 7.90. The predicted octanol–water partition coefficient (Wildman–Crippen LogP) is 4.88. The molecular weight excluding hydrogens is 536 g/mol. The number of carboxylic acids is 1. The van der Waals surface area contributed by atoms with Crippen molar-refractivity contribution in [1.29, 1.82) is 0 Å². The second-order valence-corrected chi connectivity index (χ2v) is 10.7. The van der Waals surface area contributed by atoms with Gasteiger partial charge in [0, 0.05) is 12.0 Å². The number of alkyl carbamates (subject to hydrolysis) is 1. The van der Waals surface area contributed by atoms with Crippen molar-refractivity contribution in [1.82, 2.24) is 10.2 Å². The van der Waals surface area contributed by atoms with Crippen LogP contribution in [-0.4, -0.2) is 59.2 Å². The van der Waals surface area contributed by atoms with Crippen LogP contribution in [-0.2, 0) is 30.5 Å². The van der Waals surface area contributed by atoms with Crippen LogP contribution < -0.4 is 5.32 Å². The van der Waals surface area contributed by atoms with Gasteiger partial charge in [0.25, 0.3) is 0 Å². The van der Waals surface area contributed by atoms with Crippen LogP contribution in [0, 0.1) is 0 Å². The van der Waals surface area contributed by atoms with Gasteiger partial charge in [0.1, 0.15) is 25.8 Å². The molecule has 5 rings (SSSR count). The smallest absolute Gasteiger partial charge is 0.407 e. The minimum Gasteiger partial charge on any atom is -0.480 e. The van der Waals surface area contributed by atoms with Gasteiger partial charge < -0.3 is 24.8 Å². The minimum atomic E-state index is -1.34. The number of benzene rings is 3. The number of carbonyl (C=O) groups excluding carboxylic acids is 3. The molecule has 1 saturated carbocycles. The Morgan fingerprint density at radius 1 is 0.833 bits per heavy atom. The highest BCUT2D eigenvalue weighted by Gasteiger charge is 2.36. The first-order valence-corrected chi connectivity index (χ1v) is 14.2. The van der Waals surface area contributed by atoms with Gasteiger partial charge in [-0.05, 0) is 40.7 Å². The van der Waals surface area contributed by atoms with E-state index < -0.39 is 42.9 Å². The first-order valence-electron chi connectivity index (χ1n) is 14.2. The highest BCUT2D eigenvalue weighted by molar-refractivity contribution is 5.91. The van der Waals surface area contributed by atoms with Gasteiger partial charge in [-0.2, -0.15) is 0 Å². The van der Waals surface area contributed by atoms with E-state index in [2.05, 4.69) is 5.32 Å². The number of fused-ring (bicyclic) bond motifs is 3. The average molecular weight is 571 g/mol. The van der Waals surface area contributed by atoms with Gasteiger partial charge in [0.15, 0.2) is 0 Å². The van der Waals surface area contributed by atoms with Crippen molar-refractivity contribution in [3.63, 3.8) is 0 Å². The van der Waals surface area contributed by atoms with Crippen molar-refractivity contribution in [2.75, 3.05) is 13.2 Å². The largest absolute Gasteiger partial charge is 0.480 e. The van der Waals surface area contributed by atoms with E-state index in [1.165, 1.54) is 4.90 Å². The van der Waals surface area contributed by atoms with Gasteiger partial charge in [-0.3, -0.25) is 14.4 Å². The van der Waals surface area contributed by atoms with E-state index >= 15 is 0 Å². The molecule has 0 bridgehead atoms. The number of aliphatic carboxylic acids is 1. The van der Waals surface area contributed by atoms with Crippen molar-refractivity contribution in [3.8, 4) is 11.1 Å². The molecule has 9 nitrogen and oxygen atoms in total. The fourth-order valence-electron chi connectivity index (χ4n) is 5.89. The highest BCUT2D eigenvalue weighted by Crippen LogP contribution is 2.44. The van der Waals surface area contributed by atoms with Crippen LogP contribution in [0.5, 0.6) is 0 Å². The Balaban J connectivity index is 1.29. The lowest BCUT2D eigenvalue weighted by Gasteiger charge is -2.31. The summed E-state index contributed by atoms with van der Waals surface area (Å²) in [6.07, 6.45) is 1.74. The zero-order valence-electron chi connectivity index (χ0n) is 23.2. The maximum atomic E-state index is 13.7. The molecule has 2 amide bonds. The van der Waals surface area contributed by atoms with Gasteiger partial charge in [0.05, 0.1) is 6.42 Å². The topological polar surface area (TPSA) is 122 Å². The van der Waals surface area contributed by atoms with Crippen molar-refractivity contribution in [2.24, 2.45) is 0 Å². The Bertz CT molecular complexity index is 1390. The molecule has 0 unspecified atom stereocenters. The molecule has 218 valence electrons. The Morgan fingerprint density at radius 2 is 1.43 bits per heavy atom. The summed E-state index contributed by atoms with van der Waals surface area (Å²) in [5.41, 5.74) is 5.01. The zero-order valence-corrected chi connectivity index (χ0v) is 23.2. The maximum absolute atomic E-state index is 13.7. The minimum absolute atomic E-state index is 0.00694. The van der Waals surface area contributed by atoms with Crippen LogP contribution >= 0.6 is 0 Å². The molecule has 0 aliphatic heterocycles. The van der Waals surface area contributed by atoms with Crippen molar-refractivity contribution >= 4 is 23.9 Å². The second kappa shape index (κ2) is 13.3. The molecule has 9 heteroatoms. The SMILES string of the molecule is O=C(O)CN(C(=O)[C@H](CC(=O)OCc1ccccc1)NC(=O)OCC1c2ccccc2-c2ccccc21)C1CCCC1. The summed E-state index contributed by atoms with van der Waals surface area (Å²) in [7, 11) is 0. The van der Waals surface area contributed by atoms with Gasteiger partial charge >= 0.3 is 18.0 Å². The third kappa shape index (κ3) is 6.79. The predicted molar refractivity (Wildman–Crippen MR) is 154 cm³/mol. The van der Waals surface area contributed by atoms with Crippen LogP contribution in [0.3, 0.4) is 0 Å². The quantitative estimate of drug-likeness (QED) is 0.315. The molecule has 42 heavy (non-hydrogen) atoms. The Morgan fingerprint density at radius 3 is 2.05 bits per heavy atom. The average Bonchev–Trinajstić information content (AvgIpc) is 3.64. The number of hydrogen-bond acceptors (Lipinski definition) is 6. The monoisotopic (exact) mass is 570 g/mol. The number of amides is 2. The number of rotatable bonds is 11. The lowest BCUT2D eigenvalue weighted by atomic mass is 9.98. The molecule has 0 spiro atoms. The molecule has 3 aromatic rings. The van der Waals surface area contributed by atoms with Crippen LogP contribution in [0.25, 0.3) is 11.1 Å². The summed E-state index contributed by atoms with van der Waals surface area (Å²) >= 11 is 0. The summed E-state index contributed by atoms with van der Waals surface area (Å²) in [6.45, 7) is -0.487. The number of nitrogens with one attached hydrogen (secondary N) is 1. The van der Waals surface area contributed by atoms with Crippen LogP contribution in [0.4, 0.5) is 4.79 Å². The van der Waals surface area contributed by atoms with E-state index in [0.29, 0.717) is 12.8 Å². The molecule has 0 saturated heterocycles. The summed E-state index contributed by atoms with van der Waals surface area (Å²) in [4.78, 5) is 52.5. The number of hydrogen-bond donors (Lipinski definition) is 2. The number of carbonyl (C=O) groups is 4. The van der Waals surface area contributed by atoms with Crippen molar-refractivity contribution < 1.29 is 33.8 Å². The van der Waals surface area contributed by atoms with Crippen molar-refractivity contribution in [2.45, 2.75) is 56.7 Å². The zero-order chi connectivity index (χ0) is 29.5. The van der Waals surface area contributed by atoms with Gasteiger partial charge in [-0.15, -0.1) is 0 Å². The standard InChI is InChI=1S/C33H34N2O7/c36-30(37)19-35(23-12-4-5-13-23)32(39)29(18-31(38)41-20-22-10-2-1-3-11-22)34-33(40)42-21-28-26-16-8-6-14-24(26)25-15-7-9-17-27(25)28/h1-3,6-11,14-17,23,28-29H,4-5,12-13,18-21H2,(H,34,40)(H,36,37)/t29-/m0/s1. The third-order valence-corrected chi connectivity index (χ3v) is 7.90. The number of ether oxygens (including phenoxy) is 2. The van der Waals surface area contributed by atoms with Gasteiger partial charge in [0.2, 0.25) is 5.91 Å². The van der Waals surface area contributed by atoms with Crippen LogP contribution in [0.15, 0.2) is 78.9 Å². The molecular formula is C33H34N2O7. The molecule has 2 aliphatic carbocycles. The molecule has 1 atom stereocenters. The molecule has 0 aromatic heterocycles. The molecule has 2 N–H and O–H groups in total. The molecule has 0 heterocycles. The van der Waals surface area contributed by atoms with Gasteiger partial charge in [-0.1, -0.05) is 91.7 Å². The number of esters is 1. The van der Waals surface area contributed by atoms with E-state index in [4.69, 9.17) is 9.47 Å². The summed E-state index contributed by atoms with van der Waals surface area (Å²) in [5.74, 6) is -2.69. The number of nitrogens with zero attached hydrogens (tertiary/aromatic N) is 1. The highest BCUT2D eigenvalue weighted by atomic mass is 16.5. The van der Waals surface area contributed by atoms with Gasteiger partial charge in [-0.25, -0.2) is 4.79 Å². The maximum Gasteiger partial charge on any atom is 0.407 e. The second-order valence-electron chi connectivity index (χ2n) is 10.7. The number of carboxylic acid groups (broad SMARTS) is 1. The summed E-state index contributed by atoms with van der Waals surface area (Å²) in [6, 6.07) is 23.3. The van der Waals surface area contributed by atoms with E-state index in [0.717, 1.165) is 40.7 Å². The lowest BCUT2D eigenvalue weighted by molar-refractivity contribution is -0.151. The fourth-order valence-corrected chi connectivity index (χ4v) is 5.89. The van der Waals surface area contributed by atoms with E-state index in [1.807, 2.05) is 66.7 Å². The lowest BCUT2D eigenvalue weighted by Crippen LogP contribution is -2.53. The molecule has 2 aliphatic rings. The fraction of sp³-hybridized carbons (Fsp3) is 0.333. The molecule has 0 radical (unpaired) electrons. The first-order chi connectivity index (χ1) is 20.4. The van der Waals surface area contributed by atoms with Crippen LogP contribution in [0.2, 0.25) is 0 Å². The van der Waals surface area contributed by atoms with Crippen LogP contribution in [0.1, 0.15) is 54.7 Å². The summed E-state index contributed by atoms with van der Waals surface area (Å²) < 4.78 is 11.0. The normalized spacial score (nSPS) is 14.9. The Hall–Kier alpha value is -4.66. The molecule has 1 fully saturated rings. The van der Waals surface area contributed by atoms with E-state index in [-0.39, 0.29) is 25.2 Å². The van der Waals surface area contributed by atoms with E-state index in [9.17, 15) is 24.3 Å².